The zero-order valence-corrected chi connectivity index (χ0v) is 17.7. The average Bonchev–Trinajstić information content (AvgIpc) is 2.69. The third-order valence-electron chi connectivity index (χ3n) is 4.84. The molecule has 0 aliphatic carbocycles. The second kappa shape index (κ2) is 9.82. The number of ether oxygens (including phenoxy) is 1. The zero-order chi connectivity index (χ0) is 22.5. The van der Waals surface area contributed by atoms with Crippen LogP contribution in [-0.4, -0.2) is 12.5 Å². The number of carbonyl (C=O) groups excluding carboxylic acids is 1. The molecule has 0 spiro atoms. The molecule has 0 saturated heterocycles. The van der Waals surface area contributed by atoms with E-state index in [9.17, 15) is 23.2 Å². The third-order valence-corrected chi connectivity index (χ3v) is 4.84. The number of rotatable bonds is 8. The lowest BCUT2D eigenvalue weighted by atomic mass is 10.0. The molecule has 1 heterocycles. The van der Waals surface area contributed by atoms with E-state index in [-0.39, 0.29) is 22.8 Å². The Balaban J connectivity index is 2.64. The van der Waals surface area contributed by atoms with E-state index in [2.05, 4.69) is 5.32 Å². The van der Waals surface area contributed by atoms with E-state index in [0.29, 0.717) is 24.9 Å². The van der Waals surface area contributed by atoms with Crippen LogP contribution < -0.4 is 14.8 Å². The molecule has 1 N–H and O–H groups in total. The molecule has 1 amide bonds. The van der Waals surface area contributed by atoms with Gasteiger partial charge in [0.1, 0.15) is 5.75 Å². The highest BCUT2D eigenvalue weighted by atomic mass is 19.4. The number of benzene rings is 1. The smallest absolute Gasteiger partial charge is 0.479 e. The summed E-state index contributed by atoms with van der Waals surface area (Å²) in [5.74, 6) is -1.26. The number of hydrogen-bond acceptors (Lipinski definition) is 3. The quantitative estimate of drug-likeness (QED) is 0.360. The summed E-state index contributed by atoms with van der Waals surface area (Å²) in [5, 5.41) is 14.9. The number of nitrogens with one attached hydrogen (secondary N) is 1. The highest BCUT2D eigenvalue weighted by Gasteiger charge is 2.47. The number of aryl methyl sites for hydroxylation is 3. The van der Waals surface area contributed by atoms with E-state index in [1.807, 2.05) is 26.8 Å². The summed E-state index contributed by atoms with van der Waals surface area (Å²) in [4.78, 5) is 13.1. The maximum atomic E-state index is 13.8. The number of para-hydroxylation sites is 1. The first-order valence-electron chi connectivity index (χ1n) is 10.0. The van der Waals surface area contributed by atoms with Gasteiger partial charge in [0.15, 0.2) is 11.3 Å². The number of amides is 1. The highest BCUT2D eigenvalue weighted by Crippen LogP contribution is 2.35. The second-order valence-electron chi connectivity index (χ2n) is 6.98. The van der Waals surface area contributed by atoms with Crippen LogP contribution in [0.15, 0.2) is 24.3 Å². The standard InChI is InChI=1S/C22H27F3N2O3/c1-5-8-12-30-17-13-14(4)27(29)20(22(23,24)25)18(17)21(28)26-19-15(6-2)10-9-11-16(19)7-3/h9-11,13H,5-8,12H2,1-4H3,(H,26,28). The molecule has 2 aromatic rings. The largest absolute Gasteiger partial charge is 0.618 e. The predicted octanol–water partition coefficient (Wildman–Crippen LogP) is 5.20. The van der Waals surface area contributed by atoms with Crippen molar-refractivity contribution in [1.29, 1.82) is 0 Å². The van der Waals surface area contributed by atoms with Crippen molar-refractivity contribution in [1.82, 2.24) is 0 Å². The number of hydrogen-bond donors (Lipinski definition) is 1. The topological polar surface area (TPSA) is 65.3 Å². The molecule has 0 radical (unpaired) electrons. The molecule has 1 aromatic heterocycles. The molecule has 8 heteroatoms. The highest BCUT2D eigenvalue weighted by molar-refractivity contribution is 6.07. The SMILES string of the molecule is CCCCOc1cc(C)[n+]([O-])c(C(F)(F)F)c1C(=O)Nc1c(CC)cccc1CC. The number of pyridine rings is 1. The van der Waals surface area contributed by atoms with E-state index < -0.39 is 23.3 Å². The molecule has 0 aliphatic heterocycles. The van der Waals surface area contributed by atoms with Gasteiger partial charge in [0.25, 0.3) is 5.91 Å². The van der Waals surface area contributed by atoms with Crippen molar-refractivity contribution in [3.63, 3.8) is 0 Å². The van der Waals surface area contributed by atoms with Crippen LogP contribution in [0.25, 0.3) is 0 Å². The van der Waals surface area contributed by atoms with Crippen LogP contribution in [-0.2, 0) is 19.0 Å². The Morgan fingerprint density at radius 2 is 1.77 bits per heavy atom. The molecule has 0 unspecified atom stereocenters. The Hall–Kier alpha value is -2.77. The molecule has 0 fully saturated rings. The summed E-state index contributed by atoms with van der Waals surface area (Å²) < 4.78 is 46.6. The van der Waals surface area contributed by atoms with Gasteiger partial charge in [-0.25, -0.2) is 0 Å². The fraction of sp³-hybridized carbons (Fsp3) is 0.455. The van der Waals surface area contributed by atoms with Gasteiger partial charge in [-0.1, -0.05) is 45.4 Å². The number of alkyl halides is 3. The summed E-state index contributed by atoms with van der Waals surface area (Å²) in [6.07, 6.45) is -2.48. The first kappa shape index (κ1) is 23.5. The van der Waals surface area contributed by atoms with Gasteiger partial charge in [0.2, 0.25) is 0 Å². The number of anilines is 1. The summed E-state index contributed by atoms with van der Waals surface area (Å²) in [6.45, 7) is 7.08. The third kappa shape index (κ3) is 5.04. The Labute approximate surface area is 174 Å². The number of aromatic nitrogens is 1. The second-order valence-corrected chi connectivity index (χ2v) is 6.98. The maximum Gasteiger partial charge on any atom is 0.479 e. The Kier molecular flexibility index (Phi) is 7.70. The van der Waals surface area contributed by atoms with Gasteiger partial charge in [-0.2, -0.15) is 17.9 Å². The van der Waals surface area contributed by atoms with Gasteiger partial charge in [-0.05, 0) is 30.4 Å². The van der Waals surface area contributed by atoms with E-state index in [4.69, 9.17) is 4.74 Å². The number of carbonyl (C=O) groups is 1. The Bertz CT molecular complexity index is 889. The molecule has 5 nitrogen and oxygen atoms in total. The average molecular weight is 424 g/mol. The molecule has 0 aliphatic rings. The van der Waals surface area contributed by atoms with Gasteiger partial charge in [-0.15, -0.1) is 0 Å². The van der Waals surface area contributed by atoms with Crippen LogP contribution in [0.5, 0.6) is 5.75 Å². The predicted molar refractivity (Wildman–Crippen MR) is 109 cm³/mol. The van der Waals surface area contributed by atoms with Crippen LogP contribution in [0.4, 0.5) is 18.9 Å². The lowest BCUT2D eigenvalue weighted by Gasteiger charge is -2.19. The molecule has 0 saturated carbocycles. The summed E-state index contributed by atoms with van der Waals surface area (Å²) >= 11 is 0. The molecule has 0 bridgehead atoms. The van der Waals surface area contributed by atoms with Crippen molar-refractivity contribution in [3.05, 3.63) is 57.6 Å². The van der Waals surface area contributed by atoms with Gasteiger partial charge >= 0.3 is 11.9 Å². The first-order chi connectivity index (χ1) is 14.1. The summed E-state index contributed by atoms with van der Waals surface area (Å²) in [7, 11) is 0. The van der Waals surface area contributed by atoms with Crippen LogP contribution in [0.1, 0.15) is 66.5 Å². The number of nitrogens with zero attached hydrogens (tertiary/aromatic N) is 1. The minimum Gasteiger partial charge on any atom is -0.618 e. The molecule has 2 rings (SSSR count). The Morgan fingerprint density at radius 3 is 2.27 bits per heavy atom. The monoisotopic (exact) mass is 424 g/mol. The molecule has 30 heavy (non-hydrogen) atoms. The fourth-order valence-corrected chi connectivity index (χ4v) is 3.21. The minimum atomic E-state index is -5.03. The van der Waals surface area contributed by atoms with Crippen molar-refractivity contribution in [2.24, 2.45) is 0 Å². The van der Waals surface area contributed by atoms with E-state index in [0.717, 1.165) is 17.5 Å². The van der Waals surface area contributed by atoms with Crippen molar-refractivity contribution in [2.75, 3.05) is 11.9 Å². The molecule has 0 atom stereocenters. The summed E-state index contributed by atoms with van der Waals surface area (Å²) in [5.41, 5.74) is -0.504. The van der Waals surface area contributed by atoms with Crippen molar-refractivity contribution < 1.29 is 27.4 Å². The first-order valence-corrected chi connectivity index (χ1v) is 10.0. The van der Waals surface area contributed by atoms with Gasteiger partial charge in [0.05, 0.1) is 6.61 Å². The van der Waals surface area contributed by atoms with Crippen molar-refractivity contribution >= 4 is 11.6 Å². The fourth-order valence-electron chi connectivity index (χ4n) is 3.21. The van der Waals surface area contributed by atoms with Crippen LogP contribution in [0.3, 0.4) is 0 Å². The number of halogens is 3. The molecular weight excluding hydrogens is 397 g/mol. The van der Waals surface area contributed by atoms with Crippen LogP contribution >= 0.6 is 0 Å². The van der Waals surface area contributed by atoms with Gasteiger partial charge < -0.3 is 15.3 Å². The molecular formula is C22H27F3N2O3. The van der Waals surface area contributed by atoms with E-state index >= 15 is 0 Å². The lowest BCUT2D eigenvalue weighted by Crippen LogP contribution is -2.42. The zero-order valence-electron chi connectivity index (χ0n) is 17.7. The number of unbranched alkanes of at least 4 members (excludes halogenated alkanes) is 1. The van der Waals surface area contributed by atoms with E-state index in [1.54, 1.807) is 12.1 Å². The van der Waals surface area contributed by atoms with Crippen molar-refractivity contribution in [2.45, 2.75) is 59.6 Å². The van der Waals surface area contributed by atoms with Crippen LogP contribution in [0, 0.1) is 12.1 Å². The molecule has 1 aromatic carbocycles. The minimum absolute atomic E-state index is 0.141. The van der Waals surface area contributed by atoms with Crippen molar-refractivity contribution in [3.8, 4) is 5.75 Å². The van der Waals surface area contributed by atoms with E-state index in [1.165, 1.54) is 13.0 Å². The summed E-state index contributed by atoms with van der Waals surface area (Å²) in [6, 6.07) is 6.63. The van der Waals surface area contributed by atoms with Gasteiger partial charge in [0, 0.05) is 18.7 Å². The molecule has 164 valence electrons. The van der Waals surface area contributed by atoms with Gasteiger partial charge in [-0.3, -0.25) is 4.79 Å². The lowest BCUT2D eigenvalue weighted by molar-refractivity contribution is -0.635. The normalized spacial score (nSPS) is 11.4. The van der Waals surface area contributed by atoms with Crippen LogP contribution in [0.2, 0.25) is 0 Å². The Morgan fingerprint density at radius 1 is 1.17 bits per heavy atom. The maximum absolute atomic E-state index is 13.8.